The number of nitrogens with zero attached hydrogens (tertiary/aromatic N) is 4. The Morgan fingerprint density at radius 3 is 2.75 bits per heavy atom. The number of hydrogen-bond acceptors (Lipinski definition) is 5. The van der Waals surface area contributed by atoms with Crippen molar-refractivity contribution in [3.05, 3.63) is 64.6 Å². The zero-order valence-electron chi connectivity index (χ0n) is 16.2. The van der Waals surface area contributed by atoms with E-state index in [-0.39, 0.29) is 5.69 Å². The summed E-state index contributed by atoms with van der Waals surface area (Å²) in [6.07, 6.45) is 6.70. The highest BCUT2D eigenvalue weighted by Crippen LogP contribution is 2.34. The van der Waals surface area contributed by atoms with Crippen molar-refractivity contribution >= 4 is 27.5 Å². The molecule has 0 atom stereocenters. The van der Waals surface area contributed by atoms with Gasteiger partial charge in [-0.15, -0.1) is 0 Å². The van der Waals surface area contributed by atoms with Crippen LogP contribution in [0.4, 0.5) is 0 Å². The Hall–Kier alpha value is -3.61. The second-order valence-electron chi connectivity index (χ2n) is 6.75. The van der Waals surface area contributed by atoms with E-state index in [1.807, 2.05) is 32.0 Å². The summed E-state index contributed by atoms with van der Waals surface area (Å²) in [4.78, 5) is 21.8. The molecule has 0 saturated heterocycles. The van der Waals surface area contributed by atoms with Crippen LogP contribution in [0.25, 0.3) is 33.2 Å². The number of pyridine rings is 2. The van der Waals surface area contributed by atoms with Gasteiger partial charge in [-0.2, -0.15) is 0 Å². The zero-order chi connectivity index (χ0) is 20.0. The number of fused-ring (bicyclic) bond motifs is 3. The lowest BCUT2D eigenvalue weighted by Gasteiger charge is -2.12. The fourth-order valence-corrected chi connectivity index (χ4v) is 3.53. The summed E-state index contributed by atoms with van der Waals surface area (Å²) in [6, 6.07) is 5.70. The van der Waals surface area contributed by atoms with E-state index in [1.54, 1.807) is 48.1 Å². The minimum absolute atomic E-state index is 0.137. The Morgan fingerprint density at radius 2 is 2.07 bits per heavy atom. The summed E-state index contributed by atoms with van der Waals surface area (Å²) in [5.41, 5.74) is 11.3. The highest BCUT2D eigenvalue weighted by atomic mass is 16.5. The lowest BCUT2D eigenvalue weighted by atomic mass is 10.0. The molecule has 0 aliphatic rings. The van der Waals surface area contributed by atoms with Crippen LogP contribution in [0.5, 0.6) is 5.75 Å². The van der Waals surface area contributed by atoms with E-state index in [0.717, 1.165) is 44.3 Å². The Morgan fingerprint density at radius 1 is 1.29 bits per heavy atom. The molecule has 0 aliphatic heterocycles. The van der Waals surface area contributed by atoms with Gasteiger partial charge in [-0.05, 0) is 43.3 Å². The van der Waals surface area contributed by atoms with E-state index >= 15 is 0 Å². The molecule has 2 N–H and O–H groups in total. The highest BCUT2D eigenvalue weighted by Gasteiger charge is 2.19. The van der Waals surface area contributed by atoms with E-state index in [4.69, 9.17) is 10.5 Å². The van der Waals surface area contributed by atoms with Gasteiger partial charge in [0.1, 0.15) is 5.75 Å². The van der Waals surface area contributed by atoms with Gasteiger partial charge >= 0.3 is 5.69 Å². The van der Waals surface area contributed by atoms with Crippen LogP contribution in [0.1, 0.15) is 18.1 Å². The van der Waals surface area contributed by atoms with E-state index in [0.29, 0.717) is 5.75 Å². The van der Waals surface area contributed by atoms with Gasteiger partial charge in [-0.25, -0.2) is 4.79 Å². The minimum Gasteiger partial charge on any atom is -0.496 e. The van der Waals surface area contributed by atoms with Crippen molar-refractivity contribution < 1.29 is 4.74 Å². The average molecular weight is 375 g/mol. The molecule has 3 heterocycles. The molecule has 0 spiro atoms. The van der Waals surface area contributed by atoms with Crippen molar-refractivity contribution in [1.82, 2.24) is 19.1 Å². The topological polar surface area (TPSA) is 88.0 Å². The molecule has 28 heavy (non-hydrogen) atoms. The van der Waals surface area contributed by atoms with Gasteiger partial charge in [0.15, 0.2) is 0 Å². The molecule has 4 aromatic rings. The number of rotatable bonds is 3. The van der Waals surface area contributed by atoms with Crippen molar-refractivity contribution in [3.8, 4) is 11.4 Å². The molecule has 0 radical (unpaired) electrons. The number of hydrogen-bond donors (Lipinski definition) is 1. The number of allylic oxidation sites excluding steroid dienone is 1. The number of aryl methyl sites for hydroxylation is 2. The number of nitrogens with two attached hydrogens (primary N) is 1. The highest BCUT2D eigenvalue weighted by molar-refractivity contribution is 6.05. The molecule has 1 aromatic carbocycles. The van der Waals surface area contributed by atoms with Crippen LogP contribution >= 0.6 is 0 Å². The second-order valence-corrected chi connectivity index (χ2v) is 6.75. The molecular weight excluding hydrogens is 354 g/mol. The van der Waals surface area contributed by atoms with Gasteiger partial charge in [0.05, 0.1) is 35.5 Å². The largest absolute Gasteiger partial charge is 0.496 e. The summed E-state index contributed by atoms with van der Waals surface area (Å²) in [5, 5.41) is 0.850. The van der Waals surface area contributed by atoms with Crippen molar-refractivity contribution in [2.45, 2.75) is 13.8 Å². The SMILES string of the molecule is COc1cc2ncc3c(c2cc1/C(C)=C/N)n(-c1ccncc1C)c(=O)n3C. The van der Waals surface area contributed by atoms with Crippen LogP contribution in [0.3, 0.4) is 0 Å². The van der Waals surface area contributed by atoms with Crippen molar-refractivity contribution in [2.75, 3.05) is 7.11 Å². The first-order valence-electron chi connectivity index (χ1n) is 8.86. The van der Waals surface area contributed by atoms with Gasteiger partial charge in [0, 0.05) is 36.5 Å². The zero-order valence-corrected chi connectivity index (χ0v) is 16.2. The first kappa shape index (κ1) is 17.8. The predicted octanol–water partition coefficient (Wildman–Crippen LogP) is 2.91. The first-order valence-corrected chi connectivity index (χ1v) is 8.86. The quantitative estimate of drug-likeness (QED) is 0.595. The summed E-state index contributed by atoms with van der Waals surface area (Å²) >= 11 is 0. The molecule has 0 fully saturated rings. The fourth-order valence-electron chi connectivity index (χ4n) is 3.53. The van der Waals surface area contributed by atoms with E-state index in [9.17, 15) is 4.79 Å². The summed E-state index contributed by atoms with van der Waals surface area (Å²) in [5.74, 6) is 0.684. The van der Waals surface area contributed by atoms with Crippen LogP contribution in [0.15, 0.2) is 47.8 Å². The molecule has 7 nitrogen and oxygen atoms in total. The van der Waals surface area contributed by atoms with Gasteiger partial charge < -0.3 is 10.5 Å². The number of ether oxygens (including phenoxy) is 1. The fraction of sp³-hybridized carbons (Fsp3) is 0.190. The first-order chi connectivity index (χ1) is 13.5. The van der Waals surface area contributed by atoms with Gasteiger partial charge in [0.25, 0.3) is 0 Å². The summed E-state index contributed by atoms with van der Waals surface area (Å²) in [7, 11) is 3.37. The molecular formula is C21H21N5O2. The molecule has 3 aromatic heterocycles. The molecule has 142 valence electrons. The lowest BCUT2D eigenvalue weighted by molar-refractivity contribution is 0.414. The normalized spacial score (nSPS) is 12.1. The number of benzene rings is 1. The minimum atomic E-state index is -0.137. The Kier molecular flexibility index (Phi) is 4.15. The summed E-state index contributed by atoms with van der Waals surface area (Å²) < 4.78 is 8.86. The molecule has 0 saturated carbocycles. The standard InChI is InChI=1S/C21H21N5O2/c1-12(9-22)14-7-15-16(8-19(14)28-4)24-11-18-20(15)26(21(27)25(18)3)17-5-6-23-10-13(17)2/h5-11H,22H2,1-4H3/b12-9+. The average Bonchev–Trinajstić information content (AvgIpc) is 2.97. The predicted molar refractivity (Wildman–Crippen MR) is 111 cm³/mol. The van der Waals surface area contributed by atoms with E-state index in [2.05, 4.69) is 9.97 Å². The third-order valence-corrected chi connectivity index (χ3v) is 5.11. The van der Waals surface area contributed by atoms with Crippen LogP contribution in [0, 0.1) is 6.92 Å². The van der Waals surface area contributed by atoms with E-state index in [1.165, 1.54) is 0 Å². The van der Waals surface area contributed by atoms with Gasteiger partial charge in [-0.1, -0.05) is 0 Å². The van der Waals surface area contributed by atoms with Crippen LogP contribution < -0.4 is 16.2 Å². The van der Waals surface area contributed by atoms with Gasteiger partial charge in [0.2, 0.25) is 0 Å². The van der Waals surface area contributed by atoms with Gasteiger partial charge in [-0.3, -0.25) is 19.1 Å². The third-order valence-electron chi connectivity index (χ3n) is 5.11. The number of imidazole rings is 1. The van der Waals surface area contributed by atoms with Crippen LogP contribution in [-0.2, 0) is 7.05 Å². The van der Waals surface area contributed by atoms with Crippen LogP contribution in [0.2, 0.25) is 0 Å². The number of methoxy groups -OCH3 is 1. The maximum atomic E-state index is 13.1. The molecule has 7 heteroatoms. The molecule has 0 amide bonds. The maximum Gasteiger partial charge on any atom is 0.333 e. The van der Waals surface area contributed by atoms with Crippen molar-refractivity contribution in [2.24, 2.45) is 12.8 Å². The Labute approximate surface area is 161 Å². The smallest absolute Gasteiger partial charge is 0.333 e. The number of aromatic nitrogens is 4. The van der Waals surface area contributed by atoms with E-state index < -0.39 is 0 Å². The van der Waals surface area contributed by atoms with Crippen LogP contribution in [-0.4, -0.2) is 26.2 Å². The summed E-state index contributed by atoms with van der Waals surface area (Å²) in [6.45, 7) is 3.86. The molecule has 0 aliphatic carbocycles. The molecule has 4 rings (SSSR count). The molecule has 0 unspecified atom stereocenters. The monoisotopic (exact) mass is 375 g/mol. The Balaban J connectivity index is 2.23. The Bertz CT molecular complexity index is 1310. The maximum absolute atomic E-state index is 13.1. The lowest BCUT2D eigenvalue weighted by Crippen LogP contribution is -2.21. The van der Waals surface area contributed by atoms with Crippen molar-refractivity contribution in [3.63, 3.8) is 0 Å². The second kappa shape index (κ2) is 6.53. The third kappa shape index (κ3) is 2.47. The molecule has 0 bridgehead atoms. The van der Waals surface area contributed by atoms with Crippen molar-refractivity contribution in [1.29, 1.82) is 0 Å².